The van der Waals surface area contributed by atoms with Crippen LogP contribution in [0.3, 0.4) is 0 Å². The summed E-state index contributed by atoms with van der Waals surface area (Å²) >= 11 is 0. The molecule has 0 saturated carbocycles. The maximum atomic E-state index is 13.8. The van der Waals surface area contributed by atoms with Crippen molar-refractivity contribution in [1.29, 1.82) is 0 Å². The molecule has 18 heavy (non-hydrogen) atoms. The van der Waals surface area contributed by atoms with Crippen molar-refractivity contribution >= 4 is 0 Å². The molecule has 0 bridgehead atoms. The molecule has 1 N–H and O–H groups in total. The number of ether oxygens (including phenoxy) is 1. The van der Waals surface area contributed by atoms with Crippen molar-refractivity contribution in [3.05, 3.63) is 34.9 Å². The Bertz CT molecular complexity index is 413. The molecule has 0 radical (unpaired) electrons. The first-order valence-corrected chi connectivity index (χ1v) is 6.02. The van der Waals surface area contributed by atoms with Crippen LogP contribution in [0.5, 0.6) is 0 Å². The average Bonchev–Trinajstić information content (AvgIpc) is 2.28. The molecule has 0 heterocycles. The second-order valence-corrected chi connectivity index (χ2v) is 5.36. The Kier molecular flexibility index (Phi) is 4.82. The van der Waals surface area contributed by atoms with E-state index >= 15 is 0 Å². The summed E-state index contributed by atoms with van der Waals surface area (Å²) in [5.41, 5.74) is 0.294. The summed E-state index contributed by atoms with van der Waals surface area (Å²) in [6.45, 7) is 7.60. The van der Waals surface area contributed by atoms with Gasteiger partial charge in [0, 0.05) is 5.56 Å². The van der Waals surface area contributed by atoms with Gasteiger partial charge in [0.25, 0.3) is 0 Å². The highest BCUT2D eigenvalue weighted by atomic mass is 19.2. The smallest absolute Gasteiger partial charge is 0.163 e. The molecule has 1 aromatic rings. The van der Waals surface area contributed by atoms with Crippen LogP contribution in [0.2, 0.25) is 0 Å². The molecule has 0 saturated heterocycles. The van der Waals surface area contributed by atoms with Crippen LogP contribution in [0.4, 0.5) is 8.78 Å². The van der Waals surface area contributed by atoms with Crippen LogP contribution in [0.25, 0.3) is 0 Å². The third kappa shape index (κ3) is 3.75. The van der Waals surface area contributed by atoms with Gasteiger partial charge in [-0.25, -0.2) is 8.78 Å². The number of rotatable bonds is 4. The van der Waals surface area contributed by atoms with Crippen LogP contribution in [0.1, 0.15) is 37.9 Å². The van der Waals surface area contributed by atoms with Crippen LogP contribution in [-0.4, -0.2) is 19.3 Å². The average molecular weight is 257 g/mol. The zero-order valence-electron chi connectivity index (χ0n) is 11.6. The standard InChI is InChI=1S/C14H21F2NO/c1-9-6-7-10(13(16)12(9)15)11(17-5)8-18-14(2,3)4/h6-7,11,17H,8H2,1-5H3. The number of nitrogens with one attached hydrogen (secondary N) is 1. The fourth-order valence-corrected chi connectivity index (χ4v) is 1.59. The first kappa shape index (κ1) is 15.1. The number of likely N-dealkylation sites (N-methyl/N-ethyl adjacent to an activating group) is 1. The topological polar surface area (TPSA) is 21.3 Å². The van der Waals surface area contributed by atoms with Crippen LogP contribution >= 0.6 is 0 Å². The SMILES string of the molecule is CNC(COC(C)(C)C)c1ccc(C)c(F)c1F. The second kappa shape index (κ2) is 5.76. The summed E-state index contributed by atoms with van der Waals surface area (Å²) in [7, 11) is 1.70. The predicted octanol–water partition coefficient (Wildman–Crippen LogP) is 3.35. The first-order chi connectivity index (χ1) is 8.26. The van der Waals surface area contributed by atoms with Crippen molar-refractivity contribution in [2.24, 2.45) is 0 Å². The Morgan fingerprint density at radius 3 is 2.33 bits per heavy atom. The van der Waals surface area contributed by atoms with E-state index in [0.29, 0.717) is 17.7 Å². The van der Waals surface area contributed by atoms with Gasteiger partial charge in [0.2, 0.25) is 0 Å². The Morgan fingerprint density at radius 1 is 1.22 bits per heavy atom. The number of benzene rings is 1. The normalized spacial score (nSPS) is 13.7. The molecular formula is C14H21F2NO. The maximum absolute atomic E-state index is 13.8. The molecule has 0 aliphatic heterocycles. The van der Waals surface area contributed by atoms with Gasteiger partial charge in [-0.3, -0.25) is 0 Å². The third-order valence-corrected chi connectivity index (χ3v) is 2.71. The predicted molar refractivity (Wildman–Crippen MR) is 68.6 cm³/mol. The summed E-state index contributed by atoms with van der Waals surface area (Å²) in [6, 6.07) is 2.81. The minimum Gasteiger partial charge on any atom is -0.374 e. The summed E-state index contributed by atoms with van der Waals surface area (Å²) in [4.78, 5) is 0. The van der Waals surface area contributed by atoms with Crippen molar-refractivity contribution in [3.8, 4) is 0 Å². The van der Waals surface area contributed by atoms with Gasteiger partial charge < -0.3 is 10.1 Å². The van der Waals surface area contributed by atoms with Crippen LogP contribution in [-0.2, 0) is 4.74 Å². The number of hydrogen-bond acceptors (Lipinski definition) is 2. The van der Waals surface area contributed by atoms with E-state index in [-0.39, 0.29) is 11.6 Å². The van der Waals surface area contributed by atoms with Gasteiger partial charge in [0.15, 0.2) is 11.6 Å². The van der Waals surface area contributed by atoms with E-state index in [0.717, 1.165) is 0 Å². The van der Waals surface area contributed by atoms with Crippen molar-refractivity contribution in [3.63, 3.8) is 0 Å². The Hall–Kier alpha value is -1.00. The molecule has 1 rings (SSSR count). The van der Waals surface area contributed by atoms with E-state index in [1.54, 1.807) is 26.1 Å². The molecule has 0 spiro atoms. The molecule has 0 aliphatic rings. The van der Waals surface area contributed by atoms with Gasteiger partial charge in [-0.2, -0.15) is 0 Å². The molecule has 0 fully saturated rings. The van der Waals surface area contributed by atoms with Crippen LogP contribution < -0.4 is 5.32 Å². The van der Waals surface area contributed by atoms with E-state index in [1.807, 2.05) is 20.8 Å². The van der Waals surface area contributed by atoms with Crippen LogP contribution in [0.15, 0.2) is 12.1 Å². The lowest BCUT2D eigenvalue weighted by molar-refractivity contribution is -0.0143. The lowest BCUT2D eigenvalue weighted by Gasteiger charge is -2.25. The van der Waals surface area contributed by atoms with Crippen molar-refractivity contribution < 1.29 is 13.5 Å². The fraction of sp³-hybridized carbons (Fsp3) is 0.571. The second-order valence-electron chi connectivity index (χ2n) is 5.36. The van der Waals surface area contributed by atoms with Crippen molar-refractivity contribution in [2.45, 2.75) is 39.3 Å². The molecule has 0 amide bonds. The summed E-state index contributed by atoms with van der Waals surface area (Å²) in [6.07, 6.45) is 0. The molecule has 1 unspecified atom stereocenters. The number of aryl methyl sites for hydroxylation is 1. The van der Waals surface area contributed by atoms with Gasteiger partial charge in [-0.15, -0.1) is 0 Å². The quantitative estimate of drug-likeness (QED) is 0.893. The van der Waals surface area contributed by atoms with E-state index in [4.69, 9.17) is 4.74 Å². The highest BCUT2D eigenvalue weighted by molar-refractivity contribution is 5.28. The molecule has 102 valence electrons. The van der Waals surface area contributed by atoms with Gasteiger partial charge in [-0.1, -0.05) is 12.1 Å². The van der Waals surface area contributed by atoms with Gasteiger partial charge in [0.05, 0.1) is 18.2 Å². The van der Waals surface area contributed by atoms with E-state index in [9.17, 15) is 8.78 Å². The number of halogens is 2. The minimum absolute atomic E-state index is 0.291. The van der Waals surface area contributed by atoms with Crippen LogP contribution in [0, 0.1) is 18.6 Å². The Labute approximate surface area is 107 Å². The van der Waals surface area contributed by atoms with Gasteiger partial charge >= 0.3 is 0 Å². The number of hydrogen-bond donors (Lipinski definition) is 1. The molecule has 1 aromatic carbocycles. The van der Waals surface area contributed by atoms with Crippen molar-refractivity contribution in [2.75, 3.05) is 13.7 Å². The molecule has 1 atom stereocenters. The molecule has 2 nitrogen and oxygen atoms in total. The molecule has 4 heteroatoms. The minimum atomic E-state index is -0.799. The fourth-order valence-electron chi connectivity index (χ4n) is 1.59. The van der Waals surface area contributed by atoms with Gasteiger partial charge in [-0.05, 0) is 40.3 Å². The molecule has 0 aliphatic carbocycles. The zero-order chi connectivity index (χ0) is 13.9. The Morgan fingerprint density at radius 2 is 1.83 bits per heavy atom. The third-order valence-electron chi connectivity index (χ3n) is 2.71. The largest absolute Gasteiger partial charge is 0.374 e. The zero-order valence-corrected chi connectivity index (χ0v) is 11.6. The lowest BCUT2D eigenvalue weighted by atomic mass is 10.0. The van der Waals surface area contributed by atoms with E-state index < -0.39 is 11.6 Å². The summed E-state index contributed by atoms with van der Waals surface area (Å²) < 4.78 is 33.0. The first-order valence-electron chi connectivity index (χ1n) is 6.02. The summed E-state index contributed by atoms with van der Waals surface area (Å²) in [5.74, 6) is -1.59. The molecule has 0 aromatic heterocycles. The maximum Gasteiger partial charge on any atom is 0.163 e. The Balaban J connectivity index is 2.92. The van der Waals surface area contributed by atoms with E-state index in [1.165, 1.54) is 0 Å². The lowest BCUT2D eigenvalue weighted by Crippen LogP contribution is -2.29. The highest BCUT2D eigenvalue weighted by Crippen LogP contribution is 2.23. The highest BCUT2D eigenvalue weighted by Gasteiger charge is 2.21. The summed E-state index contributed by atoms with van der Waals surface area (Å²) in [5, 5.41) is 2.95. The van der Waals surface area contributed by atoms with Crippen molar-refractivity contribution in [1.82, 2.24) is 5.32 Å². The van der Waals surface area contributed by atoms with E-state index in [2.05, 4.69) is 5.32 Å². The van der Waals surface area contributed by atoms with Gasteiger partial charge in [0.1, 0.15) is 0 Å². The monoisotopic (exact) mass is 257 g/mol. The molecular weight excluding hydrogens is 236 g/mol.